The second kappa shape index (κ2) is 6.65. The van der Waals surface area contributed by atoms with Gasteiger partial charge in [0.05, 0.1) is 26.7 Å². The van der Waals surface area contributed by atoms with Crippen molar-refractivity contribution in [3.8, 4) is 11.5 Å². The summed E-state index contributed by atoms with van der Waals surface area (Å²) in [6.07, 6.45) is 0. The average Bonchev–Trinajstić information content (AvgIpc) is 2.89. The first-order valence-electron chi connectivity index (χ1n) is 6.85. The van der Waals surface area contributed by atoms with E-state index < -0.39 is 17.9 Å². The predicted octanol–water partition coefficient (Wildman–Crippen LogP) is 0.888. The molecule has 1 aliphatic rings. The van der Waals surface area contributed by atoms with Gasteiger partial charge in [0.25, 0.3) is 0 Å². The summed E-state index contributed by atoms with van der Waals surface area (Å²) < 4.78 is 10.6. The Bertz CT molecular complexity index is 573. The number of aliphatic carboxylic acids is 2. The van der Waals surface area contributed by atoms with Crippen molar-refractivity contribution in [1.29, 1.82) is 0 Å². The summed E-state index contributed by atoms with van der Waals surface area (Å²) in [6, 6.07) is 5.31. The molecule has 0 aromatic heterocycles. The first-order valence-corrected chi connectivity index (χ1v) is 6.85. The van der Waals surface area contributed by atoms with Crippen LogP contribution in [-0.2, 0) is 9.59 Å². The number of methoxy groups -OCH3 is 2. The lowest BCUT2D eigenvalue weighted by atomic mass is 9.88. The van der Waals surface area contributed by atoms with Gasteiger partial charge in [0.2, 0.25) is 0 Å². The first kappa shape index (κ1) is 16.1. The van der Waals surface area contributed by atoms with Crippen molar-refractivity contribution in [2.45, 2.75) is 5.92 Å². The smallest absolute Gasteiger partial charge is 0.317 e. The molecule has 1 aromatic rings. The van der Waals surface area contributed by atoms with Crippen LogP contribution in [0.5, 0.6) is 11.5 Å². The molecule has 1 heterocycles. The average molecular weight is 309 g/mol. The minimum absolute atomic E-state index is 0.174. The van der Waals surface area contributed by atoms with Crippen LogP contribution in [0.4, 0.5) is 0 Å². The van der Waals surface area contributed by atoms with Gasteiger partial charge < -0.3 is 19.7 Å². The molecule has 7 heteroatoms. The molecule has 0 aliphatic carbocycles. The van der Waals surface area contributed by atoms with Gasteiger partial charge in [-0.25, -0.2) is 0 Å². The summed E-state index contributed by atoms with van der Waals surface area (Å²) in [7, 11) is 3.02. The van der Waals surface area contributed by atoms with Crippen LogP contribution >= 0.6 is 0 Å². The maximum absolute atomic E-state index is 11.5. The molecule has 2 rings (SSSR count). The zero-order valence-electron chi connectivity index (χ0n) is 12.5. The third-order valence-electron chi connectivity index (χ3n) is 3.90. The van der Waals surface area contributed by atoms with E-state index in [1.54, 1.807) is 23.1 Å². The largest absolute Gasteiger partial charge is 0.493 e. The normalized spacial score (nSPS) is 21.5. The molecule has 1 fully saturated rings. The molecule has 7 nitrogen and oxygen atoms in total. The highest BCUT2D eigenvalue weighted by molar-refractivity contribution is 5.74. The second-order valence-corrected chi connectivity index (χ2v) is 5.22. The maximum Gasteiger partial charge on any atom is 0.317 e. The fraction of sp³-hybridized carbons (Fsp3) is 0.467. The Labute approximate surface area is 128 Å². The van der Waals surface area contributed by atoms with Crippen molar-refractivity contribution < 1.29 is 29.3 Å². The van der Waals surface area contributed by atoms with Crippen LogP contribution in [0.15, 0.2) is 18.2 Å². The number of hydrogen-bond donors (Lipinski definition) is 2. The van der Waals surface area contributed by atoms with Gasteiger partial charge in [-0.3, -0.25) is 14.5 Å². The molecule has 0 spiro atoms. The van der Waals surface area contributed by atoms with E-state index in [9.17, 15) is 14.7 Å². The van der Waals surface area contributed by atoms with Gasteiger partial charge in [0, 0.05) is 24.6 Å². The monoisotopic (exact) mass is 309 g/mol. The standard InChI is InChI=1S/C15H19NO6/c1-21-12-5-3-4-9(14(12)22-2)10-6-16(8-13(17)18)7-11(10)15(19)20/h3-5,10-11H,6-8H2,1-2H3,(H,17,18)(H,19,20). The Morgan fingerprint density at radius 1 is 1.23 bits per heavy atom. The lowest BCUT2D eigenvalue weighted by Crippen LogP contribution is -2.28. The SMILES string of the molecule is COc1cccc(C2CN(CC(=O)O)CC2C(=O)O)c1OC. The van der Waals surface area contributed by atoms with Crippen molar-refractivity contribution in [1.82, 2.24) is 4.90 Å². The summed E-state index contributed by atoms with van der Waals surface area (Å²) >= 11 is 0. The van der Waals surface area contributed by atoms with Crippen LogP contribution in [-0.4, -0.2) is 60.9 Å². The van der Waals surface area contributed by atoms with Crippen LogP contribution in [0.3, 0.4) is 0 Å². The fourth-order valence-electron chi connectivity index (χ4n) is 2.98. The highest BCUT2D eigenvalue weighted by atomic mass is 16.5. The molecular formula is C15H19NO6. The van der Waals surface area contributed by atoms with E-state index in [1.807, 2.05) is 0 Å². The second-order valence-electron chi connectivity index (χ2n) is 5.22. The molecule has 2 unspecified atom stereocenters. The molecule has 0 amide bonds. The van der Waals surface area contributed by atoms with Crippen LogP contribution in [0, 0.1) is 5.92 Å². The zero-order chi connectivity index (χ0) is 16.3. The van der Waals surface area contributed by atoms with Gasteiger partial charge in [0.15, 0.2) is 11.5 Å². The molecule has 120 valence electrons. The molecular weight excluding hydrogens is 290 g/mol. The summed E-state index contributed by atoms with van der Waals surface area (Å²) in [5, 5.41) is 18.3. The van der Waals surface area contributed by atoms with E-state index >= 15 is 0 Å². The highest BCUT2D eigenvalue weighted by Gasteiger charge is 2.40. The van der Waals surface area contributed by atoms with Gasteiger partial charge >= 0.3 is 11.9 Å². The lowest BCUT2D eigenvalue weighted by Gasteiger charge is -2.20. The molecule has 0 radical (unpaired) electrons. The van der Waals surface area contributed by atoms with Gasteiger partial charge in [-0.15, -0.1) is 0 Å². The van der Waals surface area contributed by atoms with Gasteiger partial charge in [-0.05, 0) is 6.07 Å². The Morgan fingerprint density at radius 2 is 1.95 bits per heavy atom. The highest BCUT2D eigenvalue weighted by Crippen LogP contribution is 2.41. The number of ether oxygens (including phenoxy) is 2. The minimum Gasteiger partial charge on any atom is -0.493 e. The number of carboxylic acid groups (broad SMARTS) is 2. The van der Waals surface area contributed by atoms with Crippen molar-refractivity contribution in [2.75, 3.05) is 33.9 Å². The number of carboxylic acids is 2. The van der Waals surface area contributed by atoms with Crippen molar-refractivity contribution >= 4 is 11.9 Å². The van der Waals surface area contributed by atoms with E-state index in [4.69, 9.17) is 14.6 Å². The van der Waals surface area contributed by atoms with Crippen molar-refractivity contribution in [3.05, 3.63) is 23.8 Å². The first-order chi connectivity index (χ1) is 10.5. The van der Waals surface area contributed by atoms with E-state index in [0.717, 1.165) is 5.56 Å². The third-order valence-corrected chi connectivity index (χ3v) is 3.90. The number of carbonyl (C=O) groups is 2. The van der Waals surface area contributed by atoms with Crippen LogP contribution in [0.2, 0.25) is 0 Å². The van der Waals surface area contributed by atoms with Crippen LogP contribution < -0.4 is 9.47 Å². The summed E-state index contributed by atoms with van der Waals surface area (Å²) in [5.74, 6) is -1.91. The van der Waals surface area contributed by atoms with Gasteiger partial charge in [0.1, 0.15) is 0 Å². The van der Waals surface area contributed by atoms with Gasteiger partial charge in [-0.1, -0.05) is 12.1 Å². The molecule has 0 saturated carbocycles. The topological polar surface area (TPSA) is 96.3 Å². The quantitative estimate of drug-likeness (QED) is 0.805. The predicted molar refractivity (Wildman–Crippen MR) is 77.5 cm³/mol. The fourth-order valence-corrected chi connectivity index (χ4v) is 2.98. The minimum atomic E-state index is -0.970. The molecule has 1 saturated heterocycles. The van der Waals surface area contributed by atoms with E-state index in [1.165, 1.54) is 14.2 Å². The molecule has 1 aliphatic heterocycles. The lowest BCUT2D eigenvalue weighted by molar-refractivity contribution is -0.142. The summed E-state index contributed by atoms with van der Waals surface area (Å²) in [5.41, 5.74) is 0.724. The van der Waals surface area contributed by atoms with Crippen LogP contribution in [0.25, 0.3) is 0 Å². The number of hydrogen-bond acceptors (Lipinski definition) is 5. The Hall–Kier alpha value is -2.28. The third kappa shape index (κ3) is 3.14. The molecule has 0 bridgehead atoms. The number of nitrogens with zero attached hydrogens (tertiary/aromatic N) is 1. The summed E-state index contributed by atoms with van der Waals surface area (Å²) in [6.45, 7) is 0.381. The molecule has 1 aromatic carbocycles. The number of benzene rings is 1. The van der Waals surface area contributed by atoms with Crippen molar-refractivity contribution in [3.63, 3.8) is 0 Å². The maximum atomic E-state index is 11.5. The summed E-state index contributed by atoms with van der Waals surface area (Å²) in [4.78, 5) is 24.0. The number of rotatable bonds is 6. The van der Waals surface area contributed by atoms with E-state index in [2.05, 4.69) is 0 Å². The van der Waals surface area contributed by atoms with Crippen molar-refractivity contribution in [2.24, 2.45) is 5.92 Å². The number of likely N-dealkylation sites (tertiary alicyclic amines) is 1. The molecule has 22 heavy (non-hydrogen) atoms. The van der Waals surface area contributed by atoms with E-state index in [-0.39, 0.29) is 19.0 Å². The zero-order valence-corrected chi connectivity index (χ0v) is 12.5. The Morgan fingerprint density at radius 3 is 2.50 bits per heavy atom. The van der Waals surface area contributed by atoms with Crippen LogP contribution in [0.1, 0.15) is 11.5 Å². The molecule has 2 N–H and O–H groups in total. The molecule has 2 atom stereocenters. The number of para-hydroxylation sites is 1. The Balaban J connectivity index is 2.36. The van der Waals surface area contributed by atoms with E-state index in [0.29, 0.717) is 18.0 Å². The van der Waals surface area contributed by atoms with Gasteiger partial charge in [-0.2, -0.15) is 0 Å². The Kier molecular flexibility index (Phi) is 4.87.